The van der Waals surface area contributed by atoms with Crippen LogP contribution in [0, 0.1) is 10.1 Å². The minimum Gasteiger partial charge on any atom is -0.372 e. The number of piperidine rings is 1. The third kappa shape index (κ3) is 5.13. The van der Waals surface area contributed by atoms with Crippen LogP contribution in [0.5, 0.6) is 0 Å². The quantitative estimate of drug-likeness (QED) is 0.400. The number of aromatic nitrogens is 2. The van der Waals surface area contributed by atoms with Crippen LogP contribution < -0.4 is 10.2 Å². The number of amides is 1. The molecule has 1 aliphatic heterocycles. The number of nitro groups is 1. The first-order valence-electron chi connectivity index (χ1n) is 10.6. The van der Waals surface area contributed by atoms with Crippen LogP contribution in [0.4, 0.5) is 30.4 Å². The molecule has 34 heavy (non-hydrogen) atoms. The summed E-state index contributed by atoms with van der Waals surface area (Å²) < 4.78 is 38.9. The van der Waals surface area contributed by atoms with Gasteiger partial charge in [0.1, 0.15) is 5.56 Å². The number of rotatable bonds is 5. The van der Waals surface area contributed by atoms with Crippen molar-refractivity contribution < 1.29 is 22.9 Å². The van der Waals surface area contributed by atoms with Crippen molar-refractivity contribution in [1.82, 2.24) is 9.97 Å². The number of halogens is 3. The molecule has 2 heterocycles. The van der Waals surface area contributed by atoms with Gasteiger partial charge < -0.3 is 10.2 Å². The highest BCUT2D eigenvalue weighted by molar-refractivity contribution is 6.07. The predicted octanol–water partition coefficient (Wildman–Crippen LogP) is 5.31. The van der Waals surface area contributed by atoms with Gasteiger partial charge in [0.25, 0.3) is 11.6 Å². The van der Waals surface area contributed by atoms with Gasteiger partial charge in [0.05, 0.1) is 28.6 Å². The predicted molar refractivity (Wildman–Crippen MR) is 120 cm³/mol. The molecule has 176 valence electrons. The van der Waals surface area contributed by atoms with E-state index in [2.05, 4.69) is 20.2 Å². The maximum atomic E-state index is 13.0. The summed E-state index contributed by atoms with van der Waals surface area (Å²) >= 11 is 0. The van der Waals surface area contributed by atoms with E-state index < -0.39 is 22.6 Å². The Morgan fingerprint density at radius 2 is 1.79 bits per heavy atom. The van der Waals surface area contributed by atoms with Crippen LogP contribution in [0.1, 0.15) is 35.2 Å². The summed E-state index contributed by atoms with van der Waals surface area (Å²) in [5.74, 6) is -0.718. The molecule has 1 N–H and O–H groups in total. The van der Waals surface area contributed by atoms with E-state index in [4.69, 9.17) is 0 Å². The number of nitro benzene ring substituents is 1. The van der Waals surface area contributed by atoms with Crippen LogP contribution in [0.3, 0.4) is 0 Å². The van der Waals surface area contributed by atoms with E-state index in [9.17, 15) is 28.1 Å². The van der Waals surface area contributed by atoms with Crippen molar-refractivity contribution in [2.75, 3.05) is 23.3 Å². The first kappa shape index (κ1) is 23.1. The number of nitrogens with zero attached hydrogens (tertiary/aromatic N) is 4. The molecule has 1 saturated heterocycles. The molecule has 0 atom stereocenters. The van der Waals surface area contributed by atoms with Crippen LogP contribution in [-0.4, -0.2) is 33.9 Å². The number of nitrogens with one attached hydrogen (secondary N) is 1. The van der Waals surface area contributed by atoms with Gasteiger partial charge in [-0.2, -0.15) is 13.2 Å². The zero-order chi connectivity index (χ0) is 24.3. The third-order valence-corrected chi connectivity index (χ3v) is 5.52. The third-order valence-electron chi connectivity index (χ3n) is 5.52. The molecule has 1 aromatic heterocycles. The Labute approximate surface area is 192 Å². The van der Waals surface area contributed by atoms with Gasteiger partial charge in [-0.1, -0.05) is 12.1 Å². The standard InChI is InChI=1S/C23H20F3N5O3/c24-23(25,26)16-6-4-5-15(11-16)19-13-28-21(14-27-19)29-22(32)18-12-17(7-8-20(18)31(33)34)30-9-2-1-3-10-30/h4-8,11-14H,1-3,9-10H2,(H,28,29,32). The van der Waals surface area contributed by atoms with Crippen LogP contribution in [-0.2, 0) is 6.18 Å². The molecule has 0 saturated carbocycles. The lowest BCUT2D eigenvalue weighted by Gasteiger charge is -2.29. The molecular weight excluding hydrogens is 451 g/mol. The summed E-state index contributed by atoms with van der Waals surface area (Å²) in [4.78, 5) is 33.9. The maximum absolute atomic E-state index is 13.0. The summed E-state index contributed by atoms with van der Waals surface area (Å²) in [6.07, 6.45) is 1.05. The molecular formula is C23H20F3N5O3. The van der Waals surface area contributed by atoms with Gasteiger partial charge in [-0.05, 0) is 43.5 Å². The molecule has 1 amide bonds. The van der Waals surface area contributed by atoms with Crippen LogP contribution in [0.2, 0.25) is 0 Å². The van der Waals surface area contributed by atoms with Crippen molar-refractivity contribution in [3.8, 4) is 11.3 Å². The van der Waals surface area contributed by atoms with Gasteiger partial charge in [0.2, 0.25) is 0 Å². The smallest absolute Gasteiger partial charge is 0.372 e. The topological polar surface area (TPSA) is 101 Å². The minimum atomic E-state index is -4.49. The SMILES string of the molecule is O=C(Nc1cnc(-c2cccc(C(F)(F)F)c2)cn1)c1cc(N2CCCCC2)ccc1[N+](=O)[O-]. The highest BCUT2D eigenvalue weighted by atomic mass is 19.4. The Hall–Kier alpha value is -4.02. The largest absolute Gasteiger partial charge is 0.416 e. The number of alkyl halides is 3. The fraction of sp³-hybridized carbons (Fsp3) is 0.261. The van der Waals surface area contributed by atoms with Crippen LogP contribution in [0.15, 0.2) is 54.9 Å². The molecule has 0 spiro atoms. The Morgan fingerprint density at radius 1 is 1.03 bits per heavy atom. The molecule has 4 rings (SSSR count). The van der Waals surface area contributed by atoms with Crippen molar-refractivity contribution in [2.24, 2.45) is 0 Å². The molecule has 2 aromatic carbocycles. The Balaban J connectivity index is 1.55. The van der Waals surface area contributed by atoms with Gasteiger partial charge in [0, 0.05) is 30.4 Å². The summed E-state index contributed by atoms with van der Waals surface area (Å²) in [6, 6.07) is 9.07. The van der Waals surface area contributed by atoms with E-state index >= 15 is 0 Å². The van der Waals surface area contributed by atoms with Gasteiger partial charge in [-0.25, -0.2) is 4.98 Å². The Bertz CT molecular complexity index is 1210. The second-order valence-corrected chi connectivity index (χ2v) is 7.83. The summed E-state index contributed by atoms with van der Waals surface area (Å²) in [5, 5.41) is 14.0. The summed E-state index contributed by atoms with van der Waals surface area (Å²) in [7, 11) is 0. The molecule has 1 fully saturated rings. The fourth-order valence-corrected chi connectivity index (χ4v) is 3.79. The average molecular weight is 471 g/mol. The fourth-order valence-electron chi connectivity index (χ4n) is 3.79. The van der Waals surface area contributed by atoms with Crippen molar-refractivity contribution >= 4 is 23.1 Å². The van der Waals surface area contributed by atoms with Gasteiger partial charge >= 0.3 is 6.18 Å². The number of hydrogen-bond acceptors (Lipinski definition) is 6. The second-order valence-electron chi connectivity index (χ2n) is 7.83. The van der Waals surface area contributed by atoms with Crippen molar-refractivity contribution in [3.05, 3.63) is 76.1 Å². The maximum Gasteiger partial charge on any atom is 0.416 e. The van der Waals surface area contributed by atoms with Crippen LogP contribution in [0.25, 0.3) is 11.3 Å². The number of anilines is 2. The van der Waals surface area contributed by atoms with Crippen LogP contribution >= 0.6 is 0 Å². The zero-order valence-electron chi connectivity index (χ0n) is 17.9. The van der Waals surface area contributed by atoms with Gasteiger partial charge in [-0.3, -0.25) is 19.9 Å². The van der Waals surface area contributed by atoms with E-state index in [1.165, 1.54) is 36.7 Å². The van der Waals surface area contributed by atoms with Gasteiger partial charge in [0.15, 0.2) is 5.82 Å². The molecule has 3 aromatic rings. The van der Waals surface area contributed by atoms with Gasteiger partial charge in [-0.15, -0.1) is 0 Å². The first-order chi connectivity index (χ1) is 16.2. The summed E-state index contributed by atoms with van der Waals surface area (Å²) in [6.45, 7) is 1.61. The second kappa shape index (κ2) is 9.46. The van der Waals surface area contributed by atoms with Crippen molar-refractivity contribution in [3.63, 3.8) is 0 Å². The van der Waals surface area contributed by atoms with E-state index in [1.54, 1.807) is 6.07 Å². The molecule has 0 aliphatic carbocycles. The number of carbonyl (C=O) groups is 1. The normalized spacial score (nSPS) is 14.0. The number of benzene rings is 2. The number of carbonyl (C=O) groups excluding carboxylic acids is 1. The lowest BCUT2D eigenvalue weighted by Crippen LogP contribution is -2.29. The Morgan fingerprint density at radius 3 is 2.44 bits per heavy atom. The van der Waals surface area contributed by atoms with E-state index in [0.29, 0.717) is 0 Å². The highest BCUT2D eigenvalue weighted by Crippen LogP contribution is 2.32. The minimum absolute atomic E-state index is 0.0124. The first-order valence-corrected chi connectivity index (χ1v) is 10.6. The lowest BCUT2D eigenvalue weighted by molar-refractivity contribution is -0.385. The van der Waals surface area contributed by atoms with Crippen molar-refractivity contribution in [2.45, 2.75) is 25.4 Å². The zero-order valence-corrected chi connectivity index (χ0v) is 17.9. The van der Waals surface area contributed by atoms with E-state index in [1.807, 2.05) is 0 Å². The number of hydrogen-bond donors (Lipinski definition) is 1. The molecule has 1 aliphatic rings. The monoisotopic (exact) mass is 471 g/mol. The summed E-state index contributed by atoms with van der Waals surface area (Å²) in [5.41, 5.74) is -0.151. The highest BCUT2D eigenvalue weighted by Gasteiger charge is 2.30. The van der Waals surface area contributed by atoms with E-state index in [0.717, 1.165) is 50.2 Å². The molecule has 11 heteroatoms. The Kier molecular flexibility index (Phi) is 6.44. The lowest BCUT2D eigenvalue weighted by atomic mass is 10.1. The average Bonchev–Trinajstić information content (AvgIpc) is 2.84. The molecule has 0 radical (unpaired) electrons. The molecule has 0 unspecified atom stereocenters. The van der Waals surface area contributed by atoms with E-state index in [-0.39, 0.29) is 28.3 Å². The molecule has 8 nitrogen and oxygen atoms in total. The van der Waals surface area contributed by atoms with Crippen molar-refractivity contribution in [1.29, 1.82) is 0 Å². The molecule has 0 bridgehead atoms.